The zero-order valence-electron chi connectivity index (χ0n) is 22.8. The van der Waals surface area contributed by atoms with Gasteiger partial charge in [0.05, 0.1) is 5.69 Å². The summed E-state index contributed by atoms with van der Waals surface area (Å²) in [4.78, 5) is 37.3. The molecule has 0 radical (unpaired) electrons. The number of carboxylic acid groups (broad SMARTS) is 1. The largest absolute Gasteiger partial charge is 0.479 e. The molecule has 3 heterocycles. The average molecular weight is 558 g/mol. The Hall–Kier alpha value is -4.50. The second-order valence-corrected chi connectivity index (χ2v) is 9.83. The fourth-order valence-electron chi connectivity index (χ4n) is 5.56. The lowest BCUT2D eigenvalue weighted by Crippen LogP contribution is -2.69. The number of benzene rings is 2. The highest BCUT2D eigenvalue weighted by Gasteiger charge is 2.62. The first kappa shape index (κ1) is 28.0. The van der Waals surface area contributed by atoms with E-state index in [1.807, 2.05) is 41.3 Å². The summed E-state index contributed by atoms with van der Waals surface area (Å²) in [5.41, 5.74) is 12.6. The minimum atomic E-state index is -2.34. The van der Waals surface area contributed by atoms with Crippen LogP contribution in [-0.2, 0) is 25.4 Å². The number of anilines is 3. The Bertz CT molecular complexity index is 1530. The molecule has 1 aromatic heterocycles. The number of methoxy groups -OCH3 is 2. The van der Waals surface area contributed by atoms with Crippen molar-refractivity contribution in [3.8, 4) is 11.8 Å². The standard InChI is InChI=1S/C30H31N5O6/c1-39-27-30(40-2,28(37)38)25(36)24-22(16-20-17-33-29(32)34-26(20)31)19(9-8-18-6-4-3-5-7-18)10-11-23(24)35(27)21-12-14-41-15-13-21/h3-7,10-11,17,21,27H,12-16H2,1-2H3,(H,37,38)(H4,31,32,33,34). The van der Waals surface area contributed by atoms with Gasteiger partial charge in [-0.1, -0.05) is 30.0 Å². The van der Waals surface area contributed by atoms with Gasteiger partial charge in [0, 0.05) is 68.3 Å². The molecule has 2 aliphatic rings. The molecule has 11 heteroatoms. The predicted octanol–water partition coefficient (Wildman–Crippen LogP) is 2.26. The summed E-state index contributed by atoms with van der Waals surface area (Å²) in [5.74, 6) is 4.28. The third-order valence-corrected chi connectivity index (χ3v) is 7.58. The summed E-state index contributed by atoms with van der Waals surface area (Å²) in [6, 6.07) is 12.8. The van der Waals surface area contributed by atoms with Crippen LogP contribution < -0.4 is 16.4 Å². The van der Waals surface area contributed by atoms with Crippen LogP contribution in [0.25, 0.3) is 0 Å². The molecule has 11 nitrogen and oxygen atoms in total. The van der Waals surface area contributed by atoms with Crippen LogP contribution >= 0.6 is 0 Å². The molecule has 3 aromatic rings. The van der Waals surface area contributed by atoms with Gasteiger partial charge in [-0.2, -0.15) is 4.98 Å². The van der Waals surface area contributed by atoms with E-state index < -0.39 is 23.6 Å². The molecule has 41 heavy (non-hydrogen) atoms. The molecular weight excluding hydrogens is 526 g/mol. The van der Waals surface area contributed by atoms with Gasteiger partial charge in [-0.3, -0.25) is 4.79 Å². The van der Waals surface area contributed by atoms with Crippen molar-refractivity contribution in [2.45, 2.75) is 37.1 Å². The second kappa shape index (κ2) is 11.5. The number of Topliss-reactive ketones (excluding diaryl/α,β-unsaturated/α-hetero) is 1. The Morgan fingerprint density at radius 3 is 2.51 bits per heavy atom. The number of carbonyl (C=O) groups excluding carboxylic acids is 1. The Morgan fingerprint density at radius 2 is 1.88 bits per heavy atom. The number of ketones is 1. The second-order valence-electron chi connectivity index (χ2n) is 9.83. The molecule has 2 unspecified atom stereocenters. The maximum atomic E-state index is 14.4. The van der Waals surface area contributed by atoms with Crippen LogP contribution in [0.5, 0.6) is 0 Å². The zero-order valence-corrected chi connectivity index (χ0v) is 22.8. The molecule has 0 spiro atoms. The Labute approximate surface area is 237 Å². The first-order valence-corrected chi connectivity index (χ1v) is 13.1. The fraction of sp³-hybridized carbons (Fsp3) is 0.333. The molecule has 2 atom stereocenters. The minimum Gasteiger partial charge on any atom is -0.479 e. The van der Waals surface area contributed by atoms with Gasteiger partial charge in [0.1, 0.15) is 5.82 Å². The smallest absolute Gasteiger partial charge is 0.349 e. The SMILES string of the molecule is COC1N(C2CCOCC2)c2ccc(C#Cc3ccccc3)c(Cc3cnc(N)nc3N)c2C(=O)C1(OC)C(=O)O. The van der Waals surface area contributed by atoms with E-state index in [-0.39, 0.29) is 29.8 Å². The molecule has 0 saturated carbocycles. The summed E-state index contributed by atoms with van der Waals surface area (Å²) < 4.78 is 16.9. The number of aromatic nitrogens is 2. The third-order valence-electron chi connectivity index (χ3n) is 7.58. The van der Waals surface area contributed by atoms with Crippen molar-refractivity contribution in [3.05, 3.63) is 76.5 Å². The molecule has 0 bridgehead atoms. The predicted molar refractivity (Wildman–Crippen MR) is 151 cm³/mol. The molecule has 2 aliphatic heterocycles. The van der Waals surface area contributed by atoms with E-state index in [1.165, 1.54) is 20.4 Å². The molecule has 1 saturated heterocycles. The van der Waals surface area contributed by atoms with Gasteiger partial charge in [-0.25, -0.2) is 9.78 Å². The maximum Gasteiger partial charge on any atom is 0.349 e. The van der Waals surface area contributed by atoms with E-state index in [9.17, 15) is 14.7 Å². The van der Waals surface area contributed by atoms with E-state index >= 15 is 0 Å². The molecule has 212 valence electrons. The lowest BCUT2D eigenvalue weighted by Gasteiger charge is -2.50. The highest BCUT2D eigenvalue weighted by atomic mass is 16.6. The molecule has 5 N–H and O–H groups in total. The van der Waals surface area contributed by atoms with E-state index in [0.29, 0.717) is 48.4 Å². The van der Waals surface area contributed by atoms with Crippen LogP contribution in [0.1, 0.15) is 45.5 Å². The molecule has 1 fully saturated rings. The number of rotatable bonds is 6. The Balaban J connectivity index is 1.79. The molecule has 2 aromatic carbocycles. The quantitative estimate of drug-likeness (QED) is 0.301. The van der Waals surface area contributed by atoms with Gasteiger partial charge < -0.3 is 35.7 Å². The summed E-state index contributed by atoms with van der Waals surface area (Å²) in [6.45, 7) is 0.974. The lowest BCUT2D eigenvalue weighted by atomic mass is 9.79. The van der Waals surface area contributed by atoms with E-state index in [1.54, 1.807) is 6.07 Å². The number of hydrogen-bond donors (Lipinski definition) is 3. The van der Waals surface area contributed by atoms with Crippen LogP contribution in [0.4, 0.5) is 17.5 Å². The highest BCUT2D eigenvalue weighted by Crippen LogP contribution is 2.44. The summed E-state index contributed by atoms with van der Waals surface area (Å²) in [5, 5.41) is 10.5. The Morgan fingerprint density at radius 1 is 1.15 bits per heavy atom. The van der Waals surface area contributed by atoms with Gasteiger partial charge in [-0.15, -0.1) is 0 Å². The van der Waals surface area contributed by atoms with E-state index in [0.717, 1.165) is 5.56 Å². The van der Waals surface area contributed by atoms with Crippen molar-refractivity contribution in [2.24, 2.45) is 0 Å². The van der Waals surface area contributed by atoms with E-state index in [4.69, 9.17) is 25.7 Å². The van der Waals surface area contributed by atoms with Crippen molar-refractivity contribution in [3.63, 3.8) is 0 Å². The first-order chi connectivity index (χ1) is 19.8. The number of nitrogen functional groups attached to an aromatic ring is 2. The number of aliphatic carboxylic acids is 1. The number of fused-ring (bicyclic) bond motifs is 1. The van der Waals surface area contributed by atoms with Crippen molar-refractivity contribution in [2.75, 3.05) is 43.8 Å². The molecule has 0 aliphatic carbocycles. The first-order valence-electron chi connectivity index (χ1n) is 13.1. The number of nitrogens with two attached hydrogens (primary N) is 2. The normalized spacial score (nSPS) is 20.7. The lowest BCUT2D eigenvalue weighted by molar-refractivity contribution is -0.171. The topological polar surface area (TPSA) is 163 Å². The third kappa shape index (κ3) is 4.97. The van der Waals surface area contributed by atoms with Crippen molar-refractivity contribution >= 4 is 29.2 Å². The monoisotopic (exact) mass is 557 g/mol. The van der Waals surface area contributed by atoms with Gasteiger partial charge in [0.25, 0.3) is 5.60 Å². The number of hydrogen-bond acceptors (Lipinski definition) is 10. The minimum absolute atomic E-state index is 0.0133. The Kier molecular flexibility index (Phi) is 7.90. The zero-order chi connectivity index (χ0) is 29.1. The van der Waals surface area contributed by atoms with Crippen LogP contribution in [0, 0.1) is 11.8 Å². The average Bonchev–Trinajstić information content (AvgIpc) is 2.98. The van der Waals surface area contributed by atoms with Gasteiger partial charge in [0.2, 0.25) is 11.7 Å². The van der Waals surface area contributed by atoms with Crippen LogP contribution in [0.3, 0.4) is 0 Å². The van der Waals surface area contributed by atoms with Crippen LogP contribution in [-0.4, -0.2) is 72.1 Å². The number of carbonyl (C=O) groups is 2. The van der Waals surface area contributed by atoms with Crippen molar-refractivity contribution in [1.29, 1.82) is 0 Å². The van der Waals surface area contributed by atoms with Crippen LogP contribution in [0.15, 0.2) is 48.7 Å². The number of carboxylic acids is 1. The highest BCUT2D eigenvalue weighted by molar-refractivity contribution is 6.21. The van der Waals surface area contributed by atoms with Crippen LogP contribution in [0.2, 0.25) is 0 Å². The fourth-order valence-corrected chi connectivity index (χ4v) is 5.56. The number of ether oxygens (including phenoxy) is 3. The van der Waals surface area contributed by atoms with Gasteiger partial charge in [-0.05, 0) is 42.7 Å². The van der Waals surface area contributed by atoms with Gasteiger partial charge >= 0.3 is 5.97 Å². The summed E-state index contributed by atoms with van der Waals surface area (Å²) >= 11 is 0. The summed E-state index contributed by atoms with van der Waals surface area (Å²) in [6.07, 6.45) is 1.58. The van der Waals surface area contributed by atoms with E-state index in [2.05, 4.69) is 21.8 Å². The molecular formula is C30H31N5O6. The molecule has 5 rings (SSSR count). The van der Waals surface area contributed by atoms with Gasteiger partial charge in [0.15, 0.2) is 6.23 Å². The van der Waals surface area contributed by atoms with Crippen molar-refractivity contribution < 1.29 is 28.9 Å². The number of nitrogens with zero attached hydrogens (tertiary/aromatic N) is 3. The molecule has 0 amide bonds. The van der Waals surface area contributed by atoms with Crippen molar-refractivity contribution in [1.82, 2.24) is 9.97 Å². The summed E-state index contributed by atoms with van der Waals surface area (Å²) in [7, 11) is 2.58. The maximum absolute atomic E-state index is 14.4.